The number of alkyl halides is 2. The molecule has 1 saturated heterocycles. The first-order valence-corrected chi connectivity index (χ1v) is 5.57. The lowest BCUT2D eigenvalue weighted by molar-refractivity contribution is -0.0630. The molecular weight excluding hydrogens is 204 g/mol. The molecule has 13 heavy (non-hydrogen) atoms. The van der Waals surface area contributed by atoms with Gasteiger partial charge in [0.2, 0.25) is 10.0 Å². The van der Waals surface area contributed by atoms with Crippen LogP contribution in [-0.4, -0.2) is 51.2 Å². The standard InChI is InChI=1S/C6H11F2NO3S/c1-13(10,11)9-2-3-12-5-6(7,8)4-9/h2-5H2,1H3. The number of hydrogen-bond acceptors (Lipinski definition) is 3. The molecule has 0 aromatic rings. The van der Waals surface area contributed by atoms with Gasteiger partial charge in [0.1, 0.15) is 6.61 Å². The molecule has 0 aliphatic carbocycles. The zero-order valence-electron chi connectivity index (χ0n) is 7.16. The summed E-state index contributed by atoms with van der Waals surface area (Å²) in [6, 6.07) is 0. The second-order valence-electron chi connectivity index (χ2n) is 3.01. The van der Waals surface area contributed by atoms with Crippen LogP contribution < -0.4 is 0 Å². The van der Waals surface area contributed by atoms with E-state index in [1.807, 2.05) is 0 Å². The smallest absolute Gasteiger partial charge is 0.284 e. The van der Waals surface area contributed by atoms with E-state index in [0.29, 0.717) is 0 Å². The highest BCUT2D eigenvalue weighted by atomic mass is 32.2. The molecule has 7 heteroatoms. The van der Waals surface area contributed by atoms with Crippen LogP contribution in [0.2, 0.25) is 0 Å². The van der Waals surface area contributed by atoms with Gasteiger partial charge in [0, 0.05) is 6.54 Å². The molecule has 0 saturated carbocycles. The van der Waals surface area contributed by atoms with Crippen molar-refractivity contribution in [3.8, 4) is 0 Å². The maximum absolute atomic E-state index is 12.8. The van der Waals surface area contributed by atoms with E-state index in [1.54, 1.807) is 0 Å². The fraction of sp³-hybridized carbons (Fsp3) is 1.00. The van der Waals surface area contributed by atoms with Crippen molar-refractivity contribution in [1.29, 1.82) is 0 Å². The maximum atomic E-state index is 12.8. The van der Waals surface area contributed by atoms with Crippen molar-refractivity contribution >= 4 is 10.0 Å². The summed E-state index contributed by atoms with van der Waals surface area (Å²) < 4.78 is 52.9. The second kappa shape index (κ2) is 3.47. The normalized spacial score (nSPS) is 25.5. The van der Waals surface area contributed by atoms with Gasteiger partial charge in [-0.1, -0.05) is 0 Å². The molecule has 0 N–H and O–H groups in total. The number of rotatable bonds is 1. The fourth-order valence-corrected chi connectivity index (χ4v) is 1.88. The number of hydrogen-bond donors (Lipinski definition) is 0. The van der Waals surface area contributed by atoms with Crippen molar-refractivity contribution in [2.45, 2.75) is 5.92 Å². The van der Waals surface area contributed by atoms with E-state index in [2.05, 4.69) is 4.74 Å². The Morgan fingerprint density at radius 1 is 1.46 bits per heavy atom. The molecule has 0 bridgehead atoms. The van der Waals surface area contributed by atoms with Crippen LogP contribution in [0, 0.1) is 0 Å². The van der Waals surface area contributed by atoms with E-state index < -0.39 is 29.1 Å². The van der Waals surface area contributed by atoms with E-state index in [4.69, 9.17) is 0 Å². The number of ether oxygens (including phenoxy) is 1. The van der Waals surface area contributed by atoms with Crippen molar-refractivity contribution in [2.75, 3.05) is 32.6 Å². The Morgan fingerprint density at radius 3 is 2.62 bits per heavy atom. The average molecular weight is 215 g/mol. The summed E-state index contributed by atoms with van der Waals surface area (Å²) in [5.41, 5.74) is 0. The Bertz CT molecular complexity index is 278. The lowest BCUT2D eigenvalue weighted by Crippen LogP contribution is -2.40. The zero-order valence-corrected chi connectivity index (χ0v) is 7.98. The van der Waals surface area contributed by atoms with Gasteiger partial charge in [-0.25, -0.2) is 17.2 Å². The zero-order chi connectivity index (χ0) is 10.1. The van der Waals surface area contributed by atoms with Gasteiger partial charge in [0.05, 0.1) is 19.4 Å². The van der Waals surface area contributed by atoms with Crippen LogP contribution >= 0.6 is 0 Å². The van der Waals surface area contributed by atoms with Crippen molar-refractivity contribution in [3.63, 3.8) is 0 Å². The monoisotopic (exact) mass is 215 g/mol. The molecule has 0 amide bonds. The molecule has 78 valence electrons. The SMILES string of the molecule is CS(=O)(=O)N1CCOCC(F)(F)C1. The van der Waals surface area contributed by atoms with Crippen molar-refractivity contribution in [1.82, 2.24) is 4.31 Å². The fourth-order valence-electron chi connectivity index (χ4n) is 1.05. The quantitative estimate of drug-likeness (QED) is 0.614. The van der Waals surface area contributed by atoms with Crippen LogP contribution in [-0.2, 0) is 14.8 Å². The lowest BCUT2D eigenvalue weighted by Gasteiger charge is -2.20. The predicted octanol–water partition coefficient (Wildman–Crippen LogP) is -0.0865. The Morgan fingerprint density at radius 2 is 2.08 bits per heavy atom. The van der Waals surface area contributed by atoms with Crippen molar-refractivity contribution in [2.24, 2.45) is 0 Å². The molecule has 4 nitrogen and oxygen atoms in total. The second-order valence-corrected chi connectivity index (χ2v) is 4.99. The molecule has 0 radical (unpaired) electrons. The predicted molar refractivity (Wildman–Crippen MR) is 42.2 cm³/mol. The third-order valence-corrected chi connectivity index (χ3v) is 2.92. The summed E-state index contributed by atoms with van der Waals surface area (Å²) in [4.78, 5) is 0. The summed E-state index contributed by atoms with van der Waals surface area (Å²) in [7, 11) is -3.55. The first-order valence-electron chi connectivity index (χ1n) is 3.72. The first kappa shape index (κ1) is 10.8. The van der Waals surface area contributed by atoms with Crippen LogP contribution in [0.25, 0.3) is 0 Å². The van der Waals surface area contributed by atoms with E-state index in [9.17, 15) is 17.2 Å². The summed E-state index contributed by atoms with van der Waals surface area (Å²) in [6.07, 6.45) is 0.911. The van der Waals surface area contributed by atoms with Crippen molar-refractivity contribution < 1.29 is 21.9 Å². The van der Waals surface area contributed by atoms with E-state index in [0.717, 1.165) is 10.6 Å². The maximum Gasteiger partial charge on any atom is 0.284 e. The molecule has 1 aliphatic rings. The molecular formula is C6H11F2NO3S. The molecule has 0 atom stereocenters. The van der Waals surface area contributed by atoms with Gasteiger partial charge in [0.25, 0.3) is 5.92 Å². The summed E-state index contributed by atoms with van der Waals surface area (Å²) in [5, 5.41) is 0. The highest BCUT2D eigenvalue weighted by Gasteiger charge is 2.37. The Kier molecular flexibility index (Phi) is 2.88. The van der Waals surface area contributed by atoms with E-state index in [-0.39, 0.29) is 13.2 Å². The minimum atomic E-state index is -3.55. The lowest BCUT2D eigenvalue weighted by atomic mass is 10.4. The van der Waals surface area contributed by atoms with Crippen LogP contribution in [0.5, 0.6) is 0 Å². The van der Waals surface area contributed by atoms with Gasteiger partial charge < -0.3 is 4.74 Å². The van der Waals surface area contributed by atoms with Gasteiger partial charge >= 0.3 is 0 Å². The third-order valence-electron chi connectivity index (χ3n) is 1.67. The number of sulfonamides is 1. The van der Waals surface area contributed by atoms with Crippen molar-refractivity contribution in [3.05, 3.63) is 0 Å². The van der Waals surface area contributed by atoms with Gasteiger partial charge in [-0.15, -0.1) is 0 Å². The molecule has 0 aromatic carbocycles. The first-order chi connectivity index (χ1) is 5.81. The van der Waals surface area contributed by atoms with Gasteiger partial charge in [-0.05, 0) is 0 Å². The van der Waals surface area contributed by atoms with Crippen LogP contribution in [0.4, 0.5) is 8.78 Å². The molecule has 1 heterocycles. The molecule has 1 rings (SSSR count). The third kappa shape index (κ3) is 3.17. The Hall–Kier alpha value is -0.270. The average Bonchev–Trinajstić information content (AvgIpc) is 2.08. The summed E-state index contributed by atoms with van der Waals surface area (Å²) in [6.45, 7) is -1.48. The molecule has 1 fully saturated rings. The minimum Gasteiger partial charge on any atom is -0.374 e. The summed E-state index contributed by atoms with van der Waals surface area (Å²) in [5.74, 6) is -3.08. The van der Waals surface area contributed by atoms with Gasteiger partial charge in [-0.2, -0.15) is 4.31 Å². The number of nitrogens with zero attached hydrogens (tertiary/aromatic N) is 1. The van der Waals surface area contributed by atoms with Gasteiger partial charge in [0.15, 0.2) is 0 Å². The highest BCUT2D eigenvalue weighted by Crippen LogP contribution is 2.19. The molecule has 0 spiro atoms. The van der Waals surface area contributed by atoms with Crippen LogP contribution in [0.1, 0.15) is 0 Å². The molecule has 0 unspecified atom stereocenters. The van der Waals surface area contributed by atoms with Crippen LogP contribution in [0.15, 0.2) is 0 Å². The largest absolute Gasteiger partial charge is 0.374 e. The molecule has 0 aromatic heterocycles. The van der Waals surface area contributed by atoms with E-state index in [1.165, 1.54) is 0 Å². The topological polar surface area (TPSA) is 46.6 Å². The Balaban J connectivity index is 2.77. The molecule has 1 aliphatic heterocycles. The Labute approximate surface area is 75.5 Å². The minimum absolute atomic E-state index is 0.00553. The highest BCUT2D eigenvalue weighted by molar-refractivity contribution is 7.88. The number of halogens is 2. The van der Waals surface area contributed by atoms with Crippen LogP contribution in [0.3, 0.4) is 0 Å². The van der Waals surface area contributed by atoms with E-state index >= 15 is 0 Å². The van der Waals surface area contributed by atoms with Gasteiger partial charge in [-0.3, -0.25) is 0 Å². The summed E-state index contributed by atoms with van der Waals surface area (Å²) >= 11 is 0.